The molecule has 2 aromatic rings. The maximum absolute atomic E-state index is 10.4. The van der Waals surface area contributed by atoms with Crippen LogP contribution >= 0.6 is 11.6 Å². The zero-order valence-corrected chi connectivity index (χ0v) is 15.4. The summed E-state index contributed by atoms with van der Waals surface area (Å²) in [4.78, 5) is 4.82. The van der Waals surface area contributed by atoms with Gasteiger partial charge in [-0.15, -0.1) is 0 Å². The number of halogens is 1. The van der Waals surface area contributed by atoms with Crippen molar-refractivity contribution in [3.63, 3.8) is 0 Å². The molecule has 2 heterocycles. The first-order chi connectivity index (χ1) is 12.1. The number of aliphatic hydroxyl groups is 1. The summed E-state index contributed by atoms with van der Waals surface area (Å²) in [5.74, 6) is 1.50. The van der Waals surface area contributed by atoms with Crippen molar-refractivity contribution in [2.45, 2.75) is 63.8 Å². The lowest BCUT2D eigenvalue weighted by atomic mass is 10.0. The molecule has 0 radical (unpaired) electrons. The van der Waals surface area contributed by atoms with Gasteiger partial charge in [0.25, 0.3) is 0 Å². The number of imidazole rings is 1. The first kappa shape index (κ1) is 17.1. The lowest BCUT2D eigenvalue weighted by Crippen LogP contribution is -2.35. The minimum Gasteiger partial charge on any atom is -0.391 e. The molecule has 2 N–H and O–H groups in total. The van der Waals surface area contributed by atoms with Gasteiger partial charge in [0.1, 0.15) is 5.82 Å². The smallest absolute Gasteiger partial charge is 0.122 e. The SMILES string of the molecule is Cn1c(CN[C@@H]2CC(Cn3cc(Cl)cn3)C[C@H]2O)nc2c1CCCC2. The molecular formula is C18H26ClN5O. The third-order valence-corrected chi connectivity index (χ3v) is 5.86. The van der Waals surface area contributed by atoms with Gasteiger partial charge >= 0.3 is 0 Å². The highest BCUT2D eigenvalue weighted by molar-refractivity contribution is 6.30. The number of aromatic nitrogens is 4. The molecule has 3 atom stereocenters. The van der Waals surface area contributed by atoms with Crippen LogP contribution in [0.2, 0.25) is 5.02 Å². The first-order valence-electron chi connectivity index (χ1n) is 9.23. The average Bonchev–Trinajstić information content (AvgIpc) is 3.25. The van der Waals surface area contributed by atoms with Gasteiger partial charge in [-0.1, -0.05) is 11.6 Å². The quantitative estimate of drug-likeness (QED) is 0.853. The third-order valence-electron chi connectivity index (χ3n) is 5.66. The Kier molecular flexibility index (Phi) is 4.84. The van der Waals surface area contributed by atoms with Crippen LogP contribution in [0.4, 0.5) is 0 Å². The van der Waals surface area contributed by atoms with Gasteiger partial charge in [-0.05, 0) is 44.4 Å². The molecule has 2 aliphatic carbocycles. The van der Waals surface area contributed by atoms with Gasteiger partial charge in [0.2, 0.25) is 0 Å². The number of aliphatic hydroxyl groups excluding tert-OH is 1. The number of nitrogens with zero attached hydrogens (tertiary/aromatic N) is 4. The zero-order valence-electron chi connectivity index (χ0n) is 14.7. The number of aryl methyl sites for hydroxylation is 1. The molecule has 7 heteroatoms. The van der Waals surface area contributed by atoms with Crippen LogP contribution in [0.5, 0.6) is 0 Å². The van der Waals surface area contributed by atoms with Crippen molar-refractivity contribution in [1.82, 2.24) is 24.6 Å². The molecule has 0 saturated heterocycles. The van der Waals surface area contributed by atoms with Gasteiger partial charge < -0.3 is 15.0 Å². The molecule has 4 rings (SSSR count). The summed E-state index contributed by atoms with van der Waals surface area (Å²) in [7, 11) is 2.11. The summed E-state index contributed by atoms with van der Waals surface area (Å²) in [6, 6.07) is 0.116. The minimum atomic E-state index is -0.314. The van der Waals surface area contributed by atoms with Crippen molar-refractivity contribution in [3.8, 4) is 0 Å². The predicted octanol–water partition coefficient (Wildman–Crippen LogP) is 2.08. The highest BCUT2D eigenvalue weighted by atomic mass is 35.5. The Balaban J connectivity index is 1.34. The molecule has 0 amide bonds. The summed E-state index contributed by atoms with van der Waals surface area (Å²) in [5.41, 5.74) is 2.66. The van der Waals surface area contributed by atoms with E-state index in [9.17, 15) is 5.11 Å². The monoisotopic (exact) mass is 363 g/mol. The van der Waals surface area contributed by atoms with Crippen LogP contribution in [-0.2, 0) is 33.0 Å². The van der Waals surface area contributed by atoms with E-state index in [0.29, 0.717) is 17.5 Å². The molecule has 1 saturated carbocycles. The summed E-state index contributed by atoms with van der Waals surface area (Å²) in [6.07, 6.45) is 9.68. The van der Waals surface area contributed by atoms with Crippen molar-refractivity contribution >= 4 is 11.6 Å². The van der Waals surface area contributed by atoms with Gasteiger partial charge in [-0.2, -0.15) is 5.10 Å². The van der Waals surface area contributed by atoms with E-state index in [2.05, 4.69) is 22.0 Å². The molecule has 0 aromatic carbocycles. The maximum Gasteiger partial charge on any atom is 0.122 e. The highest BCUT2D eigenvalue weighted by Gasteiger charge is 2.33. The fourth-order valence-corrected chi connectivity index (χ4v) is 4.47. The van der Waals surface area contributed by atoms with Crippen LogP contribution in [0.15, 0.2) is 12.4 Å². The number of hydrogen-bond donors (Lipinski definition) is 2. The number of fused-ring (bicyclic) bond motifs is 1. The molecular weight excluding hydrogens is 338 g/mol. The van der Waals surface area contributed by atoms with E-state index < -0.39 is 0 Å². The second-order valence-electron chi connectivity index (χ2n) is 7.46. The Morgan fingerprint density at radius 2 is 2.16 bits per heavy atom. The van der Waals surface area contributed by atoms with Gasteiger partial charge in [0, 0.05) is 31.5 Å². The lowest BCUT2D eigenvalue weighted by molar-refractivity contribution is 0.145. The summed E-state index contributed by atoms with van der Waals surface area (Å²) in [6.45, 7) is 1.52. The zero-order chi connectivity index (χ0) is 17.4. The molecule has 136 valence electrons. The van der Waals surface area contributed by atoms with Crippen molar-refractivity contribution < 1.29 is 5.11 Å². The second kappa shape index (κ2) is 7.09. The van der Waals surface area contributed by atoms with Crippen LogP contribution < -0.4 is 5.32 Å². The molecule has 25 heavy (non-hydrogen) atoms. The topological polar surface area (TPSA) is 67.9 Å². The summed E-state index contributed by atoms with van der Waals surface area (Å²) in [5, 5.41) is 18.8. The average molecular weight is 364 g/mol. The van der Waals surface area contributed by atoms with Gasteiger partial charge in [0.15, 0.2) is 0 Å². The van der Waals surface area contributed by atoms with Crippen molar-refractivity contribution in [3.05, 3.63) is 34.6 Å². The molecule has 0 spiro atoms. The van der Waals surface area contributed by atoms with E-state index in [1.54, 1.807) is 6.20 Å². The van der Waals surface area contributed by atoms with Crippen LogP contribution in [0.25, 0.3) is 0 Å². The van der Waals surface area contributed by atoms with Crippen molar-refractivity contribution in [1.29, 1.82) is 0 Å². The van der Waals surface area contributed by atoms with E-state index in [4.69, 9.17) is 16.6 Å². The Bertz CT molecular complexity index is 740. The van der Waals surface area contributed by atoms with E-state index >= 15 is 0 Å². The summed E-state index contributed by atoms with van der Waals surface area (Å²) < 4.78 is 4.11. The number of rotatable bonds is 5. The fourth-order valence-electron chi connectivity index (χ4n) is 4.31. The first-order valence-corrected chi connectivity index (χ1v) is 9.60. The Labute approximate surface area is 153 Å². The fraction of sp³-hybridized carbons (Fsp3) is 0.667. The van der Waals surface area contributed by atoms with Crippen molar-refractivity contribution in [2.24, 2.45) is 13.0 Å². The Hall–Kier alpha value is -1.37. The number of hydrogen-bond acceptors (Lipinski definition) is 4. The van der Waals surface area contributed by atoms with E-state index in [-0.39, 0.29) is 12.1 Å². The maximum atomic E-state index is 10.4. The predicted molar refractivity (Wildman–Crippen MR) is 96.4 cm³/mol. The van der Waals surface area contributed by atoms with Crippen LogP contribution in [-0.4, -0.2) is 36.6 Å². The largest absolute Gasteiger partial charge is 0.391 e. The second-order valence-corrected chi connectivity index (χ2v) is 7.90. The minimum absolute atomic E-state index is 0.116. The highest BCUT2D eigenvalue weighted by Crippen LogP contribution is 2.28. The van der Waals surface area contributed by atoms with Crippen molar-refractivity contribution in [2.75, 3.05) is 0 Å². The van der Waals surface area contributed by atoms with Gasteiger partial charge in [-0.3, -0.25) is 4.68 Å². The van der Waals surface area contributed by atoms with E-state index in [1.807, 2.05) is 10.9 Å². The van der Waals surface area contributed by atoms with E-state index in [0.717, 1.165) is 38.1 Å². The van der Waals surface area contributed by atoms with Crippen LogP contribution in [0.3, 0.4) is 0 Å². The van der Waals surface area contributed by atoms with Gasteiger partial charge in [0.05, 0.1) is 29.6 Å². The third kappa shape index (κ3) is 3.61. The molecule has 1 fully saturated rings. The molecule has 0 bridgehead atoms. The molecule has 0 aliphatic heterocycles. The summed E-state index contributed by atoms with van der Waals surface area (Å²) >= 11 is 5.92. The molecule has 6 nitrogen and oxygen atoms in total. The number of nitrogens with one attached hydrogen (secondary N) is 1. The van der Waals surface area contributed by atoms with E-state index in [1.165, 1.54) is 24.2 Å². The van der Waals surface area contributed by atoms with Gasteiger partial charge in [-0.25, -0.2) is 4.98 Å². The van der Waals surface area contributed by atoms with Crippen LogP contribution in [0, 0.1) is 5.92 Å². The Morgan fingerprint density at radius 3 is 2.92 bits per heavy atom. The lowest BCUT2D eigenvalue weighted by Gasteiger charge is -2.16. The normalized spacial score (nSPS) is 26.1. The molecule has 1 unspecified atom stereocenters. The molecule has 2 aliphatic rings. The standard InChI is InChI=1S/C18H26ClN5O/c1-23-16-5-3-2-4-14(16)22-18(23)9-20-15-6-12(7-17(15)25)10-24-11-13(19)8-21-24/h8,11-12,15,17,20,25H,2-7,9-10H2,1H3/t12?,15-,17-/m1/s1. The van der Waals surface area contributed by atoms with Crippen LogP contribution in [0.1, 0.15) is 42.9 Å². The molecule has 2 aromatic heterocycles. The Morgan fingerprint density at radius 1 is 1.32 bits per heavy atom.